The normalized spacial score (nSPS) is 11.8. The van der Waals surface area contributed by atoms with E-state index in [1.54, 1.807) is 18.7 Å². The van der Waals surface area contributed by atoms with Crippen LogP contribution in [0, 0.1) is 0 Å². The van der Waals surface area contributed by atoms with Crippen LogP contribution in [0.2, 0.25) is 0 Å². The second-order valence-electron chi connectivity index (χ2n) is 4.16. The molecule has 0 bridgehead atoms. The molecule has 0 aromatic carbocycles. The maximum Gasteiger partial charge on any atom is 0.236 e. The summed E-state index contributed by atoms with van der Waals surface area (Å²) in [6.07, 6.45) is 0. The van der Waals surface area contributed by atoms with Crippen molar-refractivity contribution in [2.24, 2.45) is 0 Å². The summed E-state index contributed by atoms with van der Waals surface area (Å²) in [6, 6.07) is 0. The Morgan fingerprint density at radius 1 is 1.24 bits per heavy atom. The van der Waals surface area contributed by atoms with E-state index in [-0.39, 0.29) is 23.5 Å². The average Bonchev–Trinajstić information content (AvgIpc) is 2.26. The Labute approximate surface area is 104 Å². The third-order valence-corrected chi connectivity index (χ3v) is 4.88. The van der Waals surface area contributed by atoms with E-state index in [0.717, 1.165) is 0 Å². The summed E-state index contributed by atoms with van der Waals surface area (Å²) in [7, 11) is -3.01. The fourth-order valence-corrected chi connectivity index (χ4v) is 2.23. The van der Waals surface area contributed by atoms with Crippen LogP contribution in [-0.2, 0) is 14.6 Å². The van der Waals surface area contributed by atoms with E-state index in [2.05, 4.69) is 5.32 Å². The molecular weight excluding hydrogens is 240 g/mol. The number of rotatable bonds is 8. The zero-order valence-electron chi connectivity index (χ0n) is 11.2. The van der Waals surface area contributed by atoms with Crippen molar-refractivity contribution in [3.05, 3.63) is 0 Å². The molecule has 0 aromatic heterocycles. The fourth-order valence-electron chi connectivity index (χ4n) is 1.33. The molecule has 0 saturated heterocycles. The number of nitrogens with one attached hydrogen (secondary N) is 1. The standard InChI is InChI=1S/C11H24N2O3S/c1-5-13(6-2)11(14)9-12-7-8-17(15,16)10(3)4/h10,12H,5-9H2,1-4H3. The molecule has 102 valence electrons. The van der Waals surface area contributed by atoms with Crippen molar-refractivity contribution in [1.82, 2.24) is 10.2 Å². The molecule has 0 aromatic rings. The summed E-state index contributed by atoms with van der Waals surface area (Å²) in [5.74, 6) is 0.0906. The number of amides is 1. The summed E-state index contributed by atoms with van der Waals surface area (Å²) in [5, 5.41) is 2.52. The third-order valence-electron chi connectivity index (χ3n) is 2.67. The highest BCUT2D eigenvalue weighted by Crippen LogP contribution is 1.99. The molecule has 0 spiro atoms. The Hall–Kier alpha value is -0.620. The monoisotopic (exact) mass is 264 g/mol. The molecule has 0 rings (SSSR count). The second kappa shape index (κ2) is 7.66. The van der Waals surface area contributed by atoms with Crippen molar-refractivity contribution in [3.8, 4) is 0 Å². The number of carbonyl (C=O) groups excluding carboxylic acids is 1. The van der Waals surface area contributed by atoms with Gasteiger partial charge in [0.15, 0.2) is 9.84 Å². The lowest BCUT2D eigenvalue weighted by Gasteiger charge is -2.18. The van der Waals surface area contributed by atoms with Gasteiger partial charge in [0, 0.05) is 19.6 Å². The number of sulfone groups is 1. The molecule has 0 atom stereocenters. The van der Waals surface area contributed by atoms with Gasteiger partial charge < -0.3 is 10.2 Å². The molecule has 0 aliphatic carbocycles. The number of carbonyl (C=O) groups is 1. The van der Waals surface area contributed by atoms with Gasteiger partial charge in [0.2, 0.25) is 5.91 Å². The molecule has 0 heterocycles. The topological polar surface area (TPSA) is 66.5 Å². The van der Waals surface area contributed by atoms with Crippen molar-refractivity contribution in [2.75, 3.05) is 31.9 Å². The molecule has 0 unspecified atom stereocenters. The number of hydrogen-bond donors (Lipinski definition) is 1. The van der Waals surface area contributed by atoms with Gasteiger partial charge in [0.25, 0.3) is 0 Å². The van der Waals surface area contributed by atoms with Crippen LogP contribution < -0.4 is 5.32 Å². The van der Waals surface area contributed by atoms with Crippen LogP contribution in [0.3, 0.4) is 0 Å². The number of nitrogens with zero attached hydrogens (tertiary/aromatic N) is 1. The molecule has 6 heteroatoms. The highest BCUT2D eigenvalue weighted by atomic mass is 32.2. The van der Waals surface area contributed by atoms with Gasteiger partial charge in [0.1, 0.15) is 0 Å². The van der Waals surface area contributed by atoms with Gasteiger partial charge in [0.05, 0.1) is 17.5 Å². The highest BCUT2D eigenvalue weighted by molar-refractivity contribution is 7.92. The summed E-state index contributed by atoms with van der Waals surface area (Å²) in [4.78, 5) is 13.3. The Bertz CT molecular complexity index is 322. The van der Waals surface area contributed by atoms with E-state index in [1.165, 1.54) is 0 Å². The maximum absolute atomic E-state index is 11.6. The smallest absolute Gasteiger partial charge is 0.236 e. The zero-order chi connectivity index (χ0) is 13.5. The first kappa shape index (κ1) is 16.4. The molecule has 1 amide bonds. The minimum absolute atomic E-state index is 0.0111. The van der Waals surface area contributed by atoms with Crippen LogP contribution in [-0.4, -0.2) is 56.4 Å². The van der Waals surface area contributed by atoms with Crippen LogP contribution in [0.4, 0.5) is 0 Å². The molecule has 0 aliphatic heterocycles. The van der Waals surface area contributed by atoms with Gasteiger partial charge in [-0.05, 0) is 27.7 Å². The van der Waals surface area contributed by atoms with E-state index < -0.39 is 9.84 Å². The molecule has 0 fully saturated rings. The molecule has 0 saturated carbocycles. The Morgan fingerprint density at radius 3 is 2.18 bits per heavy atom. The van der Waals surface area contributed by atoms with Crippen molar-refractivity contribution in [1.29, 1.82) is 0 Å². The van der Waals surface area contributed by atoms with Gasteiger partial charge >= 0.3 is 0 Å². The molecular formula is C11H24N2O3S. The van der Waals surface area contributed by atoms with Crippen LogP contribution in [0.25, 0.3) is 0 Å². The van der Waals surface area contributed by atoms with E-state index >= 15 is 0 Å². The van der Waals surface area contributed by atoms with Crippen molar-refractivity contribution in [3.63, 3.8) is 0 Å². The molecule has 17 heavy (non-hydrogen) atoms. The molecule has 1 N–H and O–H groups in total. The van der Waals surface area contributed by atoms with Gasteiger partial charge in [-0.2, -0.15) is 0 Å². The van der Waals surface area contributed by atoms with Gasteiger partial charge in [-0.25, -0.2) is 8.42 Å². The van der Waals surface area contributed by atoms with E-state index in [1.807, 2.05) is 13.8 Å². The Morgan fingerprint density at radius 2 is 1.76 bits per heavy atom. The Kier molecular flexibility index (Phi) is 7.38. The minimum atomic E-state index is -3.01. The van der Waals surface area contributed by atoms with Gasteiger partial charge in [-0.15, -0.1) is 0 Å². The SMILES string of the molecule is CCN(CC)C(=O)CNCCS(=O)(=O)C(C)C. The molecule has 5 nitrogen and oxygen atoms in total. The third kappa shape index (κ3) is 6.02. The zero-order valence-corrected chi connectivity index (χ0v) is 12.0. The summed E-state index contributed by atoms with van der Waals surface area (Å²) >= 11 is 0. The first-order chi connectivity index (χ1) is 7.85. The summed E-state index contributed by atoms with van der Waals surface area (Å²) in [5.41, 5.74) is 0. The number of likely N-dealkylation sites (N-methyl/N-ethyl adjacent to an activating group) is 1. The molecule has 0 radical (unpaired) electrons. The lowest BCUT2D eigenvalue weighted by Crippen LogP contribution is -2.39. The van der Waals surface area contributed by atoms with E-state index in [0.29, 0.717) is 19.6 Å². The van der Waals surface area contributed by atoms with E-state index in [4.69, 9.17) is 0 Å². The first-order valence-electron chi connectivity index (χ1n) is 6.05. The van der Waals surface area contributed by atoms with Gasteiger partial charge in [-0.1, -0.05) is 0 Å². The highest BCUT2D eigenvalue weighted by Gasteiger charge is 2.15. The van der Waals surface area contributed by atoms with Crippen molar-refractivity contribution >= 4 is 15.7 Å². The van der Waals surface area contributed by atoms with Crippen molar-refractivity contribution < 1.29 is 13.2 Å². The Balaban J connectivity index is 3.90. The predicted octanol–water partition coefficient (Wildman–Crippen LogP) is 0.268. The van der Waals surface area contributed by atoms with Crippen LogP contribution in [0.15, 0.2) is 0 Å². The minimum Gasteiger partial charge on any atom is -0.342 e. The first-order valence-corrected chi connectivity index (χ1v) is 7.76. The van der Waals surface area contributed by atoms with Gasteiger partial charge in [-0.3, -0.25) is 4.79 Å². The largest absolute Gasteiger partial charge is 0.342 e. The van der Waals surface area contributed by atoms with Crippen LogP contribution in [0.5, 0.6) is 0 Å². The predicted molar refractivity (Wildman–Crippen MR) is 69.7 cm³/mol. The quantitative estimate of drug-likeness (QED) is 0.639. The second-order valence-corrected chi connectivity index (χ2v) is 6.84. The number of hydrogen-bond acceptors (Lipinski definition) is 4. The van der Waals surface area contributed by atoms with Crippen molar-refractivity contribution in [2.45, 2.75) is 32.9 Å². The lowest BCUT2D eigenvalue weighted by atomic mass is 10.4. The average molecular weight is 264 g/mol. The van der Waals surface area contributed by atoms with E-state index in [9.17, 15) is 13.2 Å². The lowest BCUT2D eigenvalue weighted by molar-refractivity contribution is -0.129. The molecule has 0 aliphatic rings. The summed E-state index contributed by atoms with van der Waals surface area (Å²) in [6.45, 7) is 9.06. The summed E-state index contributed by atoms with van der Waals surface area (Å²) < 4.78 is 23.0. The van der Waals surface area contributed by atoms with Crippen LogP contribution in [0.1, 0.15) is 27.7 Å². The fraction of sp³-hybridized carbons (Fsp3) is 0.909. The maximum atomic E-state index is 11.6. The van der Waals surface area contributed by atoms with Crippen LogP contribution >= 0.6 is 0 Å².